The van der Waals surface area contributed by atoms with E-state index in [2.05, 4.69) is 5.32 Å². The molecule has 0 bridgehead atoms. The van der Waals surface area contributed by atoms with E-state index in [0.717, 1.165) is 11.1 Å². The zero-order valence-electron chi connectivity index (χ0n) is 21.4. The smallest absolute Gasteiger partial charge is 0.243 e. The van der Waals surface area contributed by atoms with Gasteiger partial charge in [-0.3, -0.25) is 9.59 Å². The second kappa shape index (κ2) is 14.0. The molecule has 2 amide bonds. The maximum absolute atomic E-state index is 13.8. The summed E-state index contributed by atoms with van der Waals surface area (Å²) in [6, 6.07) is 19.4. The van der Waals surface area contributed by atoms with E-state index in [4.69, 9.17) is 46.4 Å². The summed E-state index contributed by atoms with van der Waals surface area (Å²) >= 11 is 26.3. The summed E-state index contributed by atoms with van der Waals surface area (Å²) in [6.07, 6.45) is 0.355. The van der Waals surface area contributed by atoms with Crippen molar-refractivity contribution in [3.63, 3.8) is 0 Å². The molecule has 3 aromatic rings. The van der Waals surface area contributed by atoms with E-state index in [-0.39, 0.29) is 24.1 Å². The van der Waals surface area contributed by atoms with Gasteiger partial charge in [-0.2, -0.15) is 0 Å². The molecule has 0 unspecified atom stereocenters. The lowest BCUT2D eigenvalue weighted by atomic mass is 10.0. The predicted octanol–water partition coefficient (Wildman–Crippen LogP) is 8.09. The number of carbonyl (C=O) groups excluding carboxylic acids is 2. The van der Waals surface area contributed by atoms with Crippen LogP contribution in [0, 0.1) is 0 Å². The van der Waals surface area contributed by atoms with Gasteiger partial charge in [0, 0.05) is 44.3 Å². The molecule has 0 aliphatic rings. The van der Waals surface area contributed by atoms with Crippen LogP contribution < -0.4 is 5.32 Å². The minimum Gasteiger partial charge on any atom is -0.350 e. The van der Waals surface area contributed by atoms with Crippen LogP contribution >= 0.6 is 58.2 Å². The molecule has 9 heteroatoms. The lowest BCUT2D eigenvalue weighted by Crippen LogP contribution is -2.54. The highest BCUT2D eigenvalue weighted by Crippen LogP contribution is 2.27. The number of carbonyl (C=O) groups is 2. The normalized spacial score (nSPS) is 12.2. The van der Waals surface area contributed by atoms with Gasteiger partial charge in [0.1, 0.15) is 6.04 Å². The van der Waals surface area contributed by atoms with Gasteiger partial charge in [-0.15, -0.1) is 11.8 Å². The van der Waals surface area contributed by atoms with Crippen molar-refractivity contribution in [3.8, 4) is 0 Å². The van der Waals surface area contributed by atoms with E-state index in [1.807, 2.05) is 57.2 Å². The van der Waals surface area contributed by atoms with Crippen molar-refractivity contribution < 1.29 is 9.59 Å². The van der Waals surface area contributed by atoms with Crippen LogP contribution in [0.2, 0.25) is 20.1 Å². The van der Waals surface area contributed by atoms with Gasteiger partial charge < -0.3 is 10.2 Å². The van der Waals surface area contributed by atoms with Gasteiger partial charge in [-0.1, -0.05) is 88.9 Å². The minimum atomic E-state index is -0.754. The zero-order chi connectivity index (χ0) is 27.9. The number of nitrogens with zero attached hydrogens (tertiary/aromatic N) is 1. The van der Waals surface area contributed by atoms with Gasteiger partial charge in [-0.25, -0.2) is 0 Å². The van der Waals surface area contributed by atoms with Gasteiger partial charge in [0.25, 0.3) is 0 Å². The van der Waals surface area contributed by atoms with E-state index in [1.54, 1.807) is 35.2 Å². The lowest BCUT2D eigenvalue weighted by molar-refractivity contribution is -0.140. The first-order valence-corrected chi connectivity index (χ1v) is 14.7. The van der Waals surface area contributed by atoms with Crippen LogP contribution in [0.3, 0.4) is 0 Å². The van der Waals surface area contributed by atoms with E-state index in [1.165, 1.54) is 11.8 Å². The summed E-state index contributed by atoms with van der Waals surface area (Å²) in [7, 11) is 0. The Balaban J connectivity index is 1.90. The summed E-state index contributed by atoms with van der Waals surface area (Å²) in [6.45, 7) is 5.90. The Bertz CT molecular complexity index is 1270. The molecule has 0 aliphatic carbocycles. The van der Waals surface area contributed by atoms with E-state index in [9.17, 15) is 9.59 Å². The molecule has 0 fully saturated rings. The second-order valence-electron chi connectivity index (χ2n) is 9.93. The number of rotatable bonds is 10. The zero-order valence-corrected chi connectivity index (χ0v) is 25.3. The third-order valence-corrected chi connectivity index (χ3v) is 7.76. The third kappa shape index (κ3) is 9.39. The van der Waals surface area contributed by atoms with E-state index in [0.29, 0.717) is 37.8 Å². The van der Waals surface area contributed by atoms with Crippen LogP contribution in [-0.2, 0) is 28.3 Å². The van der Waals surface area contributed by atoms with Crippen molar-refractivity contribution in [2.75, 3.05) is 5.75 Å². The molecular weight excluding hydrogens is 582 g/mol. The number of amides is 2. The molecule has 0 saturated carbocycles. The van der Waals surface area contributed by atoms with Gasteiger partial charge in [0.15, 0.2) is 0 Å². The lowest BCUT2D eigenvalue weighted by Gasteiger charge is -2.34. The molecule has 202 valence electrons. The van der Waals surface area contributed by atoms with Crippen molar-refractivity contribution in [3.05, 3.63) is 104 Å². The Morgan fingerprint density at radius 1 is 0.868 bits per heavy atom. The van der Waals surface area contributed by atoms with Crippen molar-refractivity contribution >= 4 is 70.0 Å². The van der Waals surface area contributed by atoms with Gasteiger partial charge in [0.2, 0.25) is 11.8 Å². The Morgan fingerprint density at radius 2 is 1.45 bits per heavy atom. The van der Waals surface area contributed by atoms with Gasteiger partial charge >= 0.3 is 0 Å². The maximum Gasteiger partial charge on any atom is 0.243 e. The summed E-state index contributed by atoms with van der Waals surface area (Å²) < 4.78 is 0. The quantitative estimate of drug-likeness (QED) is 0.252. The number of thioether (sulfide) groups is 1. The Morgan fingerprint density at radius 3 is 2.00 bits per heavy atom. The SMILES string of the molecule is CC(C)(C)NC(=O)[C@H](Cc1ccccc1)N(Cc1ccc(Cl)cc1Cl)C(=O)CSCc1ccc(Cl)cc1Cl. The minimum absolute atomic E-state index is 0.151. The third-order valence-electron chi connectivity index (χ3n) is 5.62. The molecule has 0 radical (unpaired) electrons. The van der Waals surface area contributed by atoms with Crippen LogP contribution in [0.15, 0.2) is 66.7 Å². The first-order chi connectivity index (χ1) is 17.9. The van der Waals surface area contributed by atoms with E-state index < -0.39 is 11.6 Å². The molecule has 3 rings (SSSR count). The predicted molar refractivity (Wildman–Crippen MR) is 161 cm³/mol. The van der Waals surface area contributed by atoms with Crippen LogP contribution in [0.1, 0.15) is 37.5 Å². The summed E-state index contributed by atoms with van der Waals surface area (Å²) in [4.78, 5) is 29.0. The highest BCUT2D eigenvalue weighted by molar-refractivity contribution is 7.99. The first kappa shape index (κ1) is 30.6. The number of nitrogens with one attached hydrogen (secondary N) is 1. The number of hydrogen-bond acceptors (Lipinski definition) is 3. The fourth-order valence-electron chi connectivity index (χ4n) is 3.81. The van der Waals surface area contributed by atoms with Crippen LogP contribution in [0.4, 0.5) is 0 Å². The van der Waals surface area contributed by atoms with E-state index >= 15 is 0 Å². The van der Waals surface area contributed by atoms with Crippen molar-refractivity contribution in [1.82, 2.24) is 10.2 Å². The second-order valence-corrected chi connectivity index (χ2v) is 12.6. The van der Waals surface area contributed by atoms with Crippen molar-refractivity contribution in [2.45, 2.75) is 51.1 Å². The molecule has 4 nitrogen and oxygen atoms in total. The molecule has 1 N–H and O–H groups in total. The van der Waals surface area contributed by atoms with Crippen LogP contribution in [0.25, 0.3) is 0 Å². The monoisotopic (exact) mass is 610 g/mol. The average molecular weight is 612 g/mol. The van der Waals surface area contributed by atoms with Crippen LogP contribution in [0.5, 0.6) is 0 Å². The fourth-order valence-corrected chi connectivity index (χ4v) is 5.75. The molecule has 0 heterocycles. The average Bonchev–Trinajstić information content (AvgIpc) is 2.83. The highest BCUT2D eigenvalue weighted by Gasteiger charge is 2.32. The Labute approximate surface area is 249 Å². The molecule has 0 spiro atoms. The van der Waals surface area contributed by atoms with Gasteiger partial charge in [-0.05, 0) is 61.7 Å². The molecule has 0 saturated heterocycles. The Kier molecular flexibility index (Phi) is 11.3. The molecule has 3 aromatic carbocycles. The van der Waals surface area contributed by atoms with Gasteiger partial charge in [0.05, 0.1) is 5.75 Å². The standard InChI is InChI=1S/C29H30Cl4N2O2S/c1-29(2,3)34-28(37)26(13-19-7-5-4-6-8-19)35(16-20-9-11-22(30)14-24(20)32)27(36)18-38-17-21-10-12-23(31)15-25(21)33/h4-12,14-15,26H,13,16-18H2,1-3H3,(H,34,37)/t26-/m0/s1. The molecule has 1 atom stereocenters. The van der Waals surface area contributed by atoms with Crippen molar-refractivity contribution in [2.24, 2.45) is 0 Å². The summed E-state index contributed by atoms with van der Waals surface area (Å²) in [5, 5.41) is 5.09. The Hall–Kier alpha value is -1.89. The molecular formula is C29H30Cl4N2O2S. The van der Waals surface area contributed by atoms with Crippen molar-refractivity contribution in [1.29, 1.82) is 0 Å². The number of benzene rings is 3. The summed E-state index contributed by atoms with van der Waals surface area (Å²) in [5.74, 6) is 0.259. The fraction of sp³-hybridized carbons (Fsp3) is 0.310. The highest BCUT2D eigenvalue weighted by atomic mass is 35.5. The molecule has 0 aliphatic heterocycles. The summed E-state index contributed by atoms with van der Waals surface area (Å²) in [5.41, 5.74) is 2.06. The maximum atomic E-state index is 13.8. The number of halogens is 4. The van der Waals surface area contributed by atoms with Crippen LogP contribution in [-0.4, -0.2) is 34.0 Å². The topological polar surface area (TPSA) is 49.4 Å². The first-order valence-electron chi connectivity index (χ1n) is 12.0. The number of hydrogen-bond donors (Lipinski definition) is 1. The largest absolute Gasteiger partial charge is 0.350 e. The molecule has 0 aromatic heterocycles. The molecule has 38 heavy (non-hydrogen) atoms.